The van der Waals surface area contributed by atoms with E-state index in [1.54, 1.807) is 11.0 Å². The monoisotopic (exact) mass is 359 g/mol. The highest BCUT2D eigenvalue weighted by Crippen LogP contribution is 2.41. The van der Waals surface area contributed by atoms with Crippen LogP contribution in [0.25, 0.3) is 11.3 Å². The van der Waals surface area contributed by atoms with E-state index in [2.05, 4.69) is 5.16 Å². The van der Waals surface area contributed by atoms with Gasteiger partial charge in [0.25, 0.3) is 5.91 Å². The van der Waals surface area contributed by atoms with Gasteiger partial charge in [0, 0.05) is 32.2 Å². The highest BCUT2D eigenvalue weighted by Gasteiger charge is 2.42. The normalized spacial score (nSPS) is 21.3. The molecule has 2 heterocycles. The molecule has 1 aromatic carbocycles. The van der Waals surface area contributed by atoms with E-state index in [9.17, 15) is 9.18 Å². The van der Waals surface area contributed by atoms with Gasteiger partial charge in [0.05, 0.1) is 7.11 Å². The van der Waals surface area contributed by atoms with Crippen molar-refractivity contribution in [1.82, 2.24) is 10.1 Å². The summed E-state index contributed by atoms with van der Waals surface area (Å²) in [5.74, 6) is 0.995. The van der Waals surface area contributed by atoms with Crippen LogP contribution in [0.5, 0.6) is 5.75 Å². The summed E-state index contributed by atoms with van der Waals surface area (Å²) in [6.45, 7) is 0.785. The van der Waals surface area contributed by atoms with Gasteiger partial charge < -0.3 is 19.1 Å². The van der Waals surface area contributed by atoms with Crippen molar-refractivity contribution < 1.29 is 18.4 Å². The lowest BCUT2D eigenvalue weighted by atomic mass is 10.0. The number of fused-ring (bicyclic) bond motifs is 2. The van der Waals surface area contributed by atoms with E-state index in [1.807, 2.05) is 19.0 Å². The molecule has 26 heavy (non-hydrogen) atoms. The number of carbonyl (C=O) groups is 1. The van der Waals surface area contributed by atoms with E-state index in [0.717, 1.165) is 19.4 Å². The molecular weight excluding hydrogens is 337 g/mol. The Kier molecular flexibility index (Phi) is 4.09. The quantitative estimate of drug-likeness (QED) is 0.839. The maximum atomic E-state index is 13.8. The molecule has 7 heteroatoms. The van der Waals surface area contributed by atoms with Crippen LogP contribution in [-0.4, -0.2) is 49.8 Å². The molecule has 2 unspecified atom stereocenters. The van der Waals surface area contributed by atoms with Gasteiger partial charge in [-0.3, -0.25) is 4.79 Å². The van der Waals surface area contributed by atoms with Crippen molar-refractivity contribution in [3.63, 3.8) is 0 Å². The minimum atomic E-state index is -0.465. The van der Waals surface area contributed by atoms with Gasteiger partial charge in [-0.1, -0.05) is 5.16 Å². The Morgan fingerprint density at radius 1 is 1.38 bits per heavy atom. The van der Waals surface area contributed by atoms with E-state index in [4.69, 9.17) is 9.26 Å². The first-order chi connectivity index (χ1) is 12.5. The van der Waals surface area contributed by atoms with Crippen molar-refractivity contribution in [2.45, 2.75) is 25.3 Å². The fourth-order valence-electron chi connectivity index (χ4n) is 4.09. The number of ether oxygens (including phenoxy) is 1. The summed E-state index contributed by atoms with van der Waals surface area (Å²) in [5, 5.41) is 4.09. The van der Waals surface area contributed by atoms with Gasteiger partial charge >= 0.3 is 0 Å². The van der Waals surface area contributed by atoms with Gasteiger partial charge in [0.1, 0.15) is 5.56 Å². The number of carbonyl (C=O) groups excluding carboxylic acids is 1. The van der Waals surface area contributed by atoms with Crippen molar-refractivity contribution in [2.24, 2.45) is 5.92 Å². The molecule has 2 fully saturated rings. The van der Waals surface area contributed by atoms with Crippen molar-refractivity contribution in [3.05, 3.63) is 29.6 Å². The predicted molar refractivity (Wildman–Crippen MR) is 94.9 cm³/mol. The number of rotatable bonds is 4. The molecule has 2 aliphatic rings. The highest BCUT2D eigenvalue weighted by molar-refractivity contribution is 6.04. The largest absolute Gasteiger partial charge is 0.494 e. The van der Waals surface area contributed by atoms with Gasteiger partial charge in [-0.25, -0.2) is 4.39 Å². The molecule has 1 aliphatic heterocycles. The third-order valence-electron chi connectivity index (χ3n) is 5.39. The Balaban J connectivity index is 1.78. The minimum absolute atomic E-state index is 0.0690. The zero-order valence-electron chi connectivity index (χ0n) is 15.2. The number of aromatic nitrogens is 1. The molecule has 6 nitrogen and oxygen atoms in total. The van der Waals surface area contributed by atoms with Gasteiger partial charge in [0.2, 0.25) is 0 Å². The second-order valence-corrected chi connectivity index (χ2v) is 7.24. The molecule has 4 rings (SSSR count). The Labute approximate surface area is 151 Å². The summed E-state index contributed by atoms with van der Waals surface area (Å²) >= 11 is 0. The van der Waals surface area contributed by atoms with E-state index >= 15 is 0 Å². The summed E-state index contributed by atoms with van der Waals surface area (Å²) in [6.07, 6.45) is 3.33. The fraction of sp³-hybridized carbons (Fsp3) is 0.474. The van der Waals surface area contributed by atoms with Gasteiger partial charge in [-0.2, -0.15) is 0 Å². The van der Waals surface area contributed by atoms with Crippen LogP contribution >= 0.6 is 0 Å². The van der Waals surface area contributed by atoms with E-state index < -0.39 is 5.82 Å². The van der Waals surface area contributed by atoms with Crippen LogP contribution < -0.4 is 9.64 Å². The van der Waals surface area contributed by atoms with Crippen molar-refractivity contribution in [3.8, 4) is 17.1 Å². The van der Waals surface area contributed by atoms with Crippen molar-refractivity contribution in [2.75, 3.05) is 32.6 Å². The van der Waals surface area contributed by atoms with Gasteiger partial charge in [-0.05, 0) is 43.4 Å². The molecule has 0 radical (unpaired) electrons. The SMILES string of the molecule is COc1cc(-c2onc(N(C)C)c2C(=O)N2CC3CCC2C3)ccc1F. The number of halogens is 1. The van der Waals surface area contributed by atoms with Crippen LogP contribution in [0.15, 0.2) is 22.7 Å². The van der Waals surface area contributed by atoms with Crippen LogP contribution in [-0.2, 0) is 0 Å². The molecule has 2 bridgehead atoms. The second kappa shape index (κ2) is 6.30. The van der Waals surface area contributed by atoms with Gasteiger partial charge in [0.15, 0.2) is 23.1 Å². The average Bonchev–Trinajstić information content (AvgIpc) is 3.36. The molecule has 138 valence electrons. The van der Waals surface area contributed by atoms with E-state index in [1.165, 1.54) is 25.7 Å². The van der Waals surface area contributed by atoms with E-state index in [-0.39, 0.29) is 11.7 Å². The van der Waals surface area contributed by atoms with Crippen LogP contribution in [0.1, 0.15) is 29.6 Å². The first-order valence-electron chi connectivity index (χ1n) is 8.81. The number of piperidine rings is 1. The summed E-state index contributed by atoms with van der Waals surface area (Å²) in [4.78, 5) is 17.0. The van der Waals surface area contributed by atoms with Crippen LogP contribution in [0, 0.1) is 11.7 Å². The summed E-state index contributed by atoms with van der Waals surface area (Å²) in [7, 11) is 5.04. The lowest BCUT2D eigenvalue weighted by molar-refractivity contribution is 0.0704. The van der Waals surface area contributed by atoms with Crippen molar-refractivity contribution >= 4 is 11.7 Å². The number of benzene rings is 1. The van der Waals surface area contributed by atoms with E-state index in [0.29, 0.717) is 34.7 Å². The number of likely N-dealkylation sites (tertiary alicyclic amines) is 1. The highest BCUT2D eigenvalue weighted by atomic mass is 19.1. The molecule has 1 saturated heterocycles. The summed E-state index contributed by atoms with van der Waals surface area (Å²) < 4.78 is 24.4. The number of hydrogen-bond donors (Lipinski definition) is 0. The van der Waals surface area contributed by atoms with Crippen LogP contribution in [0.3, 0.4) is 0 Å². The predicted octanol–water partition coefficient (Wildman–Crippen LogP) is 3.18. The molecular formula is C19H22FN3O3. The second-order valence-electron chi connectivity index (χ2n) is 7.24. The van der Waals surface area contributed by atoms with Gasteiger partial charge in [-0.15, -0.1) is 0 Å². The lowest BCUT2D eigenvalue weighted by Gasteiger charge is -2.27. The molecule has 0 spiro atoms. The minimum Gasteiger partial charge on any atom is -0.494 e. The third kappa shape index (κ3) is 2.62. The smallest absolute Gasteiger partial charge is 0.261 e. The molecule has 1 saturated carbocycles. The maximum absolute atomic E-state index is 13.8. The number of anilines is 1. The number of hydrogen-bond acceptors (Lipinski definition) is 5. The first-order valence-corrected chi connectivity index (χ1v) is 8.81. The zero-order valence-corrected chi connectivity index (χ0v) is 15.2. The summed E-state index contributed by atoms with van der Waals surface area (Å²) in [6, 6.07) is 4.71. The van der Waals surface area contributed by atoms with Crippen LogP contribution in [0.2, 0.25) is 0 Å². The zero-order chi connectivity index (χ0) is 18.4. The lowest BCUT2D eigenvalue weighted by Crippen LogP contribution is -2.38. The number of methoxy groups -OCH3 is 1. The topological polar surface area (TPSA) is 58.8 Å². The third-order valence-corrected chi connectivity index (χ3v) is 5.39. The molecule has 1 aliphatic carbocycles. The summed E-state index contributed by atoms with van der Waals surface area (Å²) in [5.41, 5.74) is 0.993. The molecule has 2 atom stereocenters. The first kappa shape index (κ1) is 16.9. The maximum Gasteiger partial charge on any atom is 0.261 e. The fourth-order valence-corrected chi connectivity index (χ4v) is 4.09. The average molecular weight is 359 g/mol. The molecule has 0 N–H and O–H groups in total. The van der Waals surface area contributed by atoms with Crippen molar-refractivity contribution in [1.29, 1.82) is 0 Å². The number of nitrogens with zero attached hydrogens (tertiary/aromatic N) is 3. The Morgan fingerprint density at radius 3 is 2.81 bits per heavy atom. The Bertz CT molecular complexity index is 849. The van der Waals surface area contributed by atoms with Crippen LogP contribution in [0.4, 0.5) is 10.2 Å². The molecule has 2 aromatic rings. The molecule has 1 aromatic heterocycles. The number of amides is 1. The Hall–Kier alpha value is -2.57. The Morgan fingerprint density at radius 2 is 2.19 bits per heavy atom. The standard InChI is InChI=1S/C19H22FN3O3/c1-22(2)18-16(19(24)23-10-11-4-6-13(23)8-11)17(26-21-18)12-5-7-14(20)15(9-12)25-3/h5,7,9,11,13H,4,6,8,10H2,1-3H3. The molecule has 1 amide bonds.